The van der Waals surface area contributed by atoms with E-state index in [0.717, 1.165) is 11.1 Å². The monoisotopic (exact) mass is 372 g/mol. The van der Waals surface area contributed by atoms with Crippen molar-refractivity contribution in [3.63, 3.8) is 0 Å². The highest BCUT2D eigenvalue weighted by Gasteiger charge is 2.50. The van der Waals surface area contributed by atoms with E-state index in [1.54, 1.807) is 0 Å². The van der Waals surface area contributed by atoms with Crippen molar-refractivity contribution in [2.24, 2.45) is 0 Å². The number of rotatable bonds is 5. The molecule has 0 aromatic heterocycles. The Labute approximate surface area is 158 Å². The van der Waals surface area contributed by atoms with Crippen molar-refractivity contribution in [2.45, 2.75) is 43.6 Å². The van der Waals surface area contributed by atoms with Crippen LogP contribution in [0.25, 0.3) is 0 Å². The molecule has 2 aliphatic heterocycles. The van der Waals surface area contributed by atoms with Gasteiger partial charge < -0.3 is 28.8 Å². The van der Waals surface area contributed by atoms with Crippen LogP contribution in [0.3, 0.4) is 0 Å². The van der Waals surface area contributed by atoms with Crippen molar-refractivity contribution in [1.82, 2.24) is 0 Å². The number of hydrogen-bond donors (Lipinski definition) is 1. The van der Waals surface area contributed by atoms with E-state index in [2.05, 4.69) is 0 Å². The van der Waals surface area contributed by atoms with Gasteiger partial charge in [-0.05, 0) is 5.56 Å². The summed E-state index contributed by atoms with van der Waals surface area (Å²) in [4.78, 5) is 0. The zero-order valence-corrected chi connectivity index (χ0v) is 15.1. The van der Waals surface area contributed by atoms with Crippen LogP contribution in [0.4, 0.5) is 0 Å². The molecule has 2 aromatic carbocycles. The summed E-state index contributed by atoms with van der Waals surface area (Å²) in [7, 11) is 1.54. The first-order valence-electron chi connectivity index (χ1n) is 9.10. The van der Waals surface area contributed by atoms with Crippen molar-refractivity contribution >= 4 is 0 Å². The van der Waals surface area contributed by atoms with Gasteiger partial charge in [-0.25, -0.2) is 0 Å². The fourth-order valence-corrected chi connectivity index (χ4v) is 3.48. The summed E-state index contributed by atoms with van der Waals surface area (Å²) in [5.74, 6) is 0. The van der Waals surface area contributed by atoms with Crippen molar-refractivity contribution in [3.8, 4) is 0 Å². The first kappa shape index (κ1) is 18.6. The number of benzene rings is 2. The zero-order valence-electron chi connectivity index (χ0n) is 15.1. The number of methoxy groups -OCH3 is 1. The van der Waals surface area contributed by atoms with E-state index in [4.69, 9.17) is 23.7 Å². The van der Waals surface area contributed by atoms with Gasteiger partial charge in [0.1, 0.15) is 24.4 Å². The predicted molar refractivity (Wildman–Crippen MR) is 96.7 cm³/mol. The number of ether oxygens (including phenoxy) is 5. The van der Waals surface area contributed by atoms with E-state index < -0.39 is 37.0 Å². The normalized spacial score (nSPS) is 33.4. The summed E-state index contributed by atoms with van der Waals surface area (Å²) in [6, 6.07) is 19.4. The smallest absolute Gasteiger partial charge is 0.186 e. The van der Waals surface area contributed by atoms with E-state index in [1.807, 2.05) is 60.7 Å². The van der Waals surface area contributed by atoms with E-state index >= 15 is 0 Å². The van der Waals surface area contributed by atoms with Crippen LogP contribution in [-0.4, -0.2) is 49.5 Å². The Hall–Kier alpha value is -1.80. The molecule has 2 aliphatic rings. The summed E-state index contributed by atoms with van der Waals surface area (Å²) in [5, 5.41) is 10.9. The second-order valence-corrected chi connectivity index (χ2v) is 6.71. The maximum atomic E-state index is 10.9. The lowest BCUT2D eigenvalue weighted by Gasteiger charge is -2.47. The van der Waals surface area contributed by atoms with Crippen LogP contribution in [0.5, 0.6) is 0 Å². The SMILES string of the molecule is CO[C@H]1O[C@@H]2CO[C@H](c3ccccc3)O[C@@H]2[C@H](O)[C@H]1OCc1ccccc1. The molecule has 0 radical (unpaired) electrons. The molecule has 144 valence electrons. The summed E-state index contributed by atoms with van der Waals surface area (Å²) >= 11 is 0. The topological polar surface area (TPSA) is 66.4 Å². The predicted octanol–water partition coefficient (Wildman–Crippen LogP) is 2.42. The third kappa shape index (κ3) is 4.06. The minimum absolute atomic E-state index is 0.312. The molecule has 27 heavy (non-hydrogen) atoms. The molecule has 2 aromatic rings. The quantitative estimate of drug-likeness (QED) is 0.870. The Bertz CT molecular complexity index is 703. The van der Waals surface area contributed by atoms with Gasteiger partial charge in [0.25, 0.3) is 0 Å². The van der Waals surface area contributed by atoms with Gasteiger partial charge in [-0.3, -0.25) is 0 Å². The molecule has 0 amide bonds. The minimum Gasteiger partial charge on any atom is -0.387 e. The standard InChI is InChI=1S/C21H24O6/c1-23-21-19(24-12-14-8-4-2-5-9-14)17(22)18-16(26-21)13-25-20(27-18)15-10-6-3-7-11-15/h2-11,16-22H,12-13H2,1H3/t16-,17+,18+,19-,20+,21+/m1/s1. The number of aliphatic hydroxyl groups is 1. The summed E-state index contributed by atoms with van der Waals surface area (Å²) in [5.41, 5.74) is 1.91. The highest BCUT2D eigenvalue weighted by atomic mass is 16.8. The molecule has 1 N–H and O–H groups in total. The Kier molecular flexibility index (Phi) is 5.83. The Morgan fingerprint density at radius 3 is 2.41 bits per heavy atom. The zero-order chi connectivity index (χ0) is 18.6. The van der Waals surface area contributed by atoms with Crippen molar-refractivity contribution in [1.29, 1.82) is 0 Å². The highest BCUT2D eigenvalue weighted by Crippen LogP contribution is 2.35. The maximum Gasteiger partial charge on any atom is 0.186 e. The molecule has 0 spiro atoms. The minimum atomic E-state index is -0.896. The lowest BCUT2D eigenvalue weighted by molar-refractivity contribution is -0.363. The lowest BCUT2D eigenvalue weighted by atomic mass is 9.97. The Morgan fingerprint density at radius 2 is 1.70 bits per heavy atom. The van der Waals surface area contributed by atoms with Crippen LogP contribution in [0.15, 0.2) is 60.7 Å². The summed E-state index contributed by atoms with van der Waals surface area (Å²) in [6.07, 6.45) is -3.76. The van der Waals surface area contributed by atoms with Crippen molar-refractivity contribution in [3.05, 3.63) is 71.8 Å². The van der Waals surface area contributed by atoms with Gasteiger partial charge in [-0.1, -0.05) is 60.7 Å². The van der Waals surface area contributed by atoms with Gasteiger partial charge in [-0.15, -0.1) is 0 Å². The molecule has 2 heterocycles. The molecule has 2 saturated heterocycles. The average Bonchev–Trinajstić information content (AvgIpc) is 2.74. The van der Waals surface area contributed by atoms with Crippen LogP contribution in [0.1, 0.15) is 17.4 Å². The van der Waals surface area contributed by atoms with Gasteiger partial charge in [0.05, 0.1) is 13.2 Å². The largest absolute Gasteiger partial charge is 0.387 e. The van der Waals surface area contributed by atoms with Crippen molar-refractivity contribution in [2.75, 3.05) is 13.7 Å². The fraction of sp³-hybridized carbons (Fsp3) is 0.429. The number of fused-ring (bicyclic) bond motifs is 1. The summed E-state index contributed by atoms with van der Waals surface area (Å²) < 4.78 is 29.1. The van der Waals surface area contributed by atoms with Gasteiger partial charge in [0.2, 0.25) is 0 Å². The van der Waals surface area contributed by atoms with Gasteiger partial charge in [0, 0.05) is 12.7 Å². The maximum absolute atomic E-state index is 10.9. The number of aliphatic hydroxyl groups excluding tert-OH is 1. The number of hydrogen-bond acceptors (Lipinski definition) is 6. The van der Waals surface area contributed by atoms with Crippen molar-refractivity contribution < 1.29 is 28.8 Å². The second-order valence-electron chi connectivity index (χ2n) is 6.71. The first-order chi connectivity index (χ1) is 13.3. The van der Waals surface area contributed by atoms with Crippen LogP contribution in [-0.2, 0) is 30.3 Å². The van der Waals surface area contributed by atoms with E-state index in [9.17, 15) is 5.11 Å². The van der Waals surface area contributed by atoms with Gasteiger partial charge >= 0.3 is 0 Å². The first-order valence-corrected chi connectivity index (χ1v) is 9.10. The van der Waals surface area contributed by atoms with E-state index in [1.165, 1.54) is 7.11 Å². The molecule has 0 unspecified atom stereocenters. The molecule has 4 rings (SSSR count). The second kappa shape index (κ2) is 8.48. The molecular weight excluding hydrogens is 348 g/mol. The highest BCUT2D eigenvalue weighted by molar-refractivity contribution is 5.17. The molecule has 0 saturated carbocycles. The third-order valence-electron chi connectivity index (χ3n) is 4.90. The van der Waals surface area contributed by atoms with Gasteiger partial charge in [0.15, 0.2) is 12.6 Å². The Balaban J connectivity index is 1.46. The Morgan fingerprint density at radius 1 is 1.00 bits per heavy atom. The third-order valence-corrected chi connectivity index (χ3v) is 4.90. The van der Waals surface area contributed by atoms with Crippen LogP contribution >= 0.6 is 0 Å². The molecule has 6 nitrogen and oxygen atoms in total. The molecule has 0 bridgehead atoms. The lowest BCUT2D eigenvalue weighted by Crippen LogP contribution is -2.62. The molecule has 6 atom stereocenters. The average molecular weight is 372 g/mol. The summed E-state index contributed by atoms with van der Waals surface area (Å²) in [6.45, 7) is 0.661. The van der Waals surface area contributed by atoms with E-state index in [-0.39, 0.29) is 0 Å². The molecule has 0 aliphatic carbocycles. The van der Waals surface area contributed by atoms with Crippen LogP contribution in [0.2, 0.25) is 0 Å². The molecule has 2 fully saturated rings. The molecular formula is C21H24O6. The fourth-order valence-electron chi connectivity index (χ4n) is 3.48. The van der Waals surface area contributed by atoms with Crippen LogP contribution < -0.4 is 0 Å². The van der Waals surface area contributed by atoms with Crippen LogP contribution in [0, 0.1) is 0 Å². The van der Waals surface area contributed by atoms with E-state index in [0.29, 0.717) is 13.2 Å². The molecule has 6 heteroatoms. The van der Waals surface area contributed by atoms with Gasteiger partial charge in [-0.2, -0.15) is 0 Å².